The number of methoxy groups -OCH3 is 2. The van der Waals surface area contributed by atoms with Gasteiger partial charge in [-0.3, -0.25) is 4.79 Å². The van der Waals surface area contributed by atoms with Gasteiger partial charge in [0.2, 0.25) is 0 Å². The standard InChI is InChI=1S/C13H10O.C3H6O3/c14-13(11-7-3-1-4-8-11)12-9-5-2-6-10-12;1-5-3(4)6-2/h1-10H;1-2H3. The SMILES string of the molecule is COC(=O)OC.O=C(c1ccccc1)c1ccccc1. The van der Waals surface area contributed by atoms with E-state index >= 15 is 0 Å². The van der Waals surface area contributed by atoms with Crippen LogP contribution < -0.4 is 0 Å². The van der Waals surface area contributed by atoms with Gasteiger partial charge in [-0.1, -0.05) is 60.7 Å². The monoisotopic (exact) mass is 272 g/mol. The topological polar surface area (TPSA) is 52.6 Å². The number of benzene rings is 2. The Morgan fingerprint density at radius 2 is 1.05 bits per heavy atom. The summed E-state index contributed by atoms with van der Waals surface area (Å²) in [5, 5.41) is 0. The Morgan fingerprint density at radius 3 is 1.30 bits per heavy atom. The van der Waals surface area contributed by atoms with Crippen molar-refractivity contribution in [3.63, 3.8) is 0 Å². The van der Waals surface area contributed by atoms with Crippen molar-refractivity contribution < 1.29 is 19.1 Å². The first-order valence-electron chi connectivity index (χ1n) is 5.95. The number of ether oxygens (including phenoxy) is 2. The van der Waals surface area contributed by atoms with Crippen molar-refractivity contribution in [2.24, 2.45) is 0 Å². The molecule has 0 saturated carbocycles. The summed E-state index contributed by atoms with van der Waals surface area (Å²) in [7, 11) is 2.51. The van der Waals surface area contributed by atoms with Gasteiger partial charge < -0.3 is 9.47 Å². The minimum Gasteiger partial charge on any atom is -0.438 e. The molecule has 0 aliphatic heterocycles. The van der Waals surface area contributed by atoms with E-state index in [1.165, 1.54) is 14.2 Å². The number of hydrogen-bond acceptors (Lipinski definition) is 4. The van der Waals surface area contributed by atoms with Crippen LogP contribution in [-0.4, -0.2) is 26.2 Å². The van der Waals surface area contributed by atoms with Crippen molar-refractivity contribution in [2.45, 2.75) is 0 Å². The number of rotatable bonds is 2. The van der Waals surface area contributed by atoms with Crippen molar-refractivity contribution >= 4 is 11.9 Å². The Hall–Kier alpha value is -2.62. The van der Waals surface area contributed by atoms with Crippen LogP contribution in [0.25, 0.3) is 0 Å². The first-order chi connectivity index (χ1) is 9.69. The van der Waals surface area contributed by atoms with Gasteiger partial charge in [0.25, 0.3) is 0 Å². The van der Waals surface area contributed by atoms with E-state index in [-0.39, 0.29) is 5.78 Å². The average Bonchev–Trinajstić information content (AvgIpc) is 2.55. The molecular formula is C16H16O4. The molecular weight excluding hydrogens is 256 g/mol. The number of carbonyl (C=O) groups excluding carboxylic acids is 2. The molecule has 0 N–H and O–H groups in total. The highest BCUT2D eigenvalue weighted by atomic mass is 16.7. The fourth-order valence-corrected chi connectivity index (χ4v) is 1.43. The van der Waals surface area contributed by atoms with Crippen LogP contribution in [0.2, 0.25) is 0 Å². The summed E-state index contributed by atoms with van der Waals surface area (Å²) in [6.07, 6.45) is -0.657. The summed E-state index contributed by atoms with van der Waals surface area (Å²) < 4.78 is 8.08. The van der Waals surface area contributed by atoms with Crippen molar-refractivity contribution in [1.29, 1.82) is 0 Å². The smallest absolute Gasteiger partial charge is 0.438 e. The van der Waals surface area contributed by atoms with Crippen LogP contribution in [0.1, 0.15) is 15.9 Å². The molecule has 4 nitrogen and oxygen atoms in total. The first kappa shape index (κ1) is 15.4. The molecule has 20 heavy (non-hydrogen) atoms. The van der Waals surface area contributed by atoms with Gasteiger partial charge in [-0.05, 0) is 0 Å². The normalized spacial score (nSPS) is 8.90. The Morgan fingerprint density at radius 1 is 0.700 bits per heavy atom. The number of hydrogen-bond donors (Lipinski definition) is 0. The predicted octanol–water partition coefficient (Wildman–Crippen LogP) is 3.32. The first-order valence-corrected chi connectivity index (χ1v) is 5.95. The quantitative estimate of drug-likeness (QED) is 0.621. The van der Waals surface area contributed by atoms with E-state index in [2.05, 4.69) is 9.47 Å². The molecule has 0 aliphatic rings. The van der Waals surface area contributed by atoms with Gasteiger partial charge in [0.05, 0.1) is 14.2 Å². The number of carbonyl (C=O) groups is 2. The van der Waals surface area contributed by atoms with Crippen molar-refractivity contribution in [3.8, 4) is 0 Å². The summed E-state index contributed by atoms with van der Waals surface area (Å²) in [5.74, 6) is 0.0752. The summed E-state index contributed by atoms with van der Waals surface area (Å²) >= 11 is 0. The van der Waals surface area contributed by atoms with E-state index in [1.54, 1.807) is 0 Å². The molecule has 104 valence electrons. The Balaban J connectivity index is 0.000000286. The van der Waals surface area contributed by atoms with E-state index in [4.69, 9.17) is 0 Å². The lowest BCUT2D eigenvalue weighted by atomic mass is 10.0. The fraction of sp³-hybridized carbons (Fsp3) is 0.125. The van der Waals surface area contributed by atoms with Gasteiger partial charge in [0.15, 0.2) is 5.78 Å². The molecule has 2 aromatic rings. The third kappa shape index (κ3) is 4.94. The highest BCUT2D eigenvalue weighted by Crippen LogP contribution is 2.08. The maximum atomic E-state index is 11.8. The Labute approximate surface area is 118 Å². The van der Waals surface area contributed by atoms with Crippen LogP contribution in [0.15, 0.2) is 60.7 Å². The molecule has 0 atom stereocenters. The van der Waals surface area contributed by atoms with Gasteiger partial charge >= 0.3 is 6.16 Å². The average molecular weight is 272 g/mol. The zero-order chi connectivity index (χ0) is 14.8. The van der Waals surface area contributed by atoms with Gasteiger partial charge in [0.1, 0.15) is 0 Å². The van der Waals surface area contributed by atoms with Crippen LogP contribution in [0, 0.1) is 0 Å². The summed E-state index contributed by atoms with van der Waals surface area (Å²) in [6, 6.07) is 18.6. The van der Waals surface area contributed by atoms with Gasteiger partial charge in [0, 0.05) is 11.1 Å². The summed E-state index contributed by atoms with van der Waals surface area (Å²) in [4.78, 5) is 21.6. The molecule has 4 heteroatoms. The summed E-state index contributed by atoms with van der Waals surface area (Å²) in [6.45, 7) is 0. The molecule has 0 heterocycles. The molecule has 0 amide bonds. The molecule has 0 aromatic heterocycles. The fourth-order valence-electron chi connectivity index (χ4n) is 1.43. The van der Waals surface area contributed by atoms with E-state index in [1.807, 2.05) is 60.7 Å². The molecule has 0 bridgehead atoms. The Bertz CT molecular complexity index is 487. The van der Waals surface area contributed by atoms with Crippen LogP contribution in [-0.2, 0) is 9.47 Å². The molecule has 2 rings (SSSR count). The molecule has 0 radical (unpaired) electrons. The van der Waals surface area contributed by atoms with Gasteiger partial charge in [-0.25, -0.2) is 4.79 Å². The highest BCUT2D eigenvalue weighted by molar-refractivity contribution is 6.08. The lowest BCUT2D eigenvalue weighted by molar-refractivity contribution is 0.0923. The van der Waals surface area contributed by atoms with E-state index in [0.717, 1.165) is 11.1 Å². The molecule has 0 spiro atoms. The van der Waals surface area contributed by atoms with E-state index < -0.39 is 6.16 Å². The second-order valence-corrected chi connectivity index (χ2v) is 3.72. The number of ketones is 1. The molecule has 2 aromatic carbocycles. The van der Waals surface area contributed by atoms with Crippen molar-refractivity contribution in [2.75, 3.05) is 14.2 Å². The van der Waals surface area contributed by atoms with Gasteiger partial charge in [-0.2, -0.15) is 0 Å². The van der Waals surface area contributed by atoms with Crippen molar-refractivity contribution in [3.05, 3.63) is 71.8 Å². The zero-order valence-electron chi connectivity index (χ0n) is 11.4. The minimum absolute atomic E-state index is 0.0752. The highest BCUT2D eigenvalue weighted by Gasteiger charge is 2.06. The lowest BCUT2D eigenvalue weighted by Crippen LogP contribution is -1.99. The van der Waals surface area contributed by atoms with E-state index in [9.17, 15) is 9.59 Å². The van der Waals surface area contributed by atoms with Crippen LogP contribution >= 0.6 is 0 Å². The third-order valence-electron chi connectivity index (χ3n) is 2.41. The molecule has 0 unspecified atom stereocenters. The maximum Gasteiger partial charge on any atom is 0.507 e. The third-order valence-corrected chi connectivity index (χ3v) is 2.41. The van der Waals surface area contributed by atoms with Crippen LogP contribution in [0.4, 0.5) is 4.79 Å². The summed E-state index contributed by atoms with van der Waals surface area (Å²) in [5.41, 5.74) is 1.47. The largest absolute Gasteiger partial charge is 0.507 e. The van der Waals surface area contributed by atoms with E-state index in [0.29, 0.717) is 0 Å². The second kappa shape index (κ2) is 8.48. The molecule has 0 fully saturated rings. The van der Waals surface area contributed by atoms with Crippen LogP contribution in [0.3, 0.4) is 0 Å². The lowest BCUT2D eigenvalue weighted by Gasteiger charge is -1.99. The minimum atomic E-state index is -0.657. The zero-order valence-corrected chi connectivity index (χ0v) is 11.4. The van der Waals surface area contributed by atoms with Crippen LogP contribution in [0.5, 0.6) is 0 Å². The second-order valence-electron chi connectivity index (χ2n) is 3.72. The predicted molar refractivity (Wildman–Crippen MR) is 75.7 cm³/mol. The maximum absolute atomic E-state index is 11.8. The molecule has 0 saturated heterocycles. The molecule has 0 aliphatic carbocycles. The van der Waals surface area contributed by atoms with Crippen molar-refractivity contribution in [1.82, 2.24) is 0 Å². The Kier molecular flexibility index (Phi) is 6.54. The van der Waals surface area contributed by atoms with Gasteiger partial charge in [-0.15, -0.1) is 0 Å².